The van der Waals surface area contributed by atoms with E-state index in [4.69, 9.17) is 10.5 Å². The van der Waals surface area contributed by atoms with Gasteiger partial charge in [-0.2, -0.15) is 0 Å². The molecular formula is C15H22N2O2. The molecule has 2 N–H and O–H groups in total. The Morgan fingerprint density at radius 2 is 2.11 bits per heavy atom. The first-order valence-electron chi connectivity index (χ1n) is 6.77. The molecule has 104 valence electrons. The van der Waals surface area contributed by atoms with Crippen LogP contribution in [0.2, 0.25) is 0 Å². The second-order valence-corrected chi connectivity index (χ2v) is 5.42. The molecule has 1 aromatic carbocycles. The molecule has 1 saturated heterocycles. The SMILES string of the molecule is CCOc1ccccc1N1C(=O)CC(CN)C1(C)C. The Morgan fingerprint density at radius 1 is 1.42 bits per heavy atom. The summed E-state index contributed by atoms with van der Waals surface area (Å²) in [6.45, 7) is 7.18. The monoisotopic (exact) mass is 262 g/mol. The number of nitrogens with zero attached hydrogens (tertiary/aromatic N) is 1. The van der Waals surface area contributed by atoms with Crippen LogP contribution in [0.5, 0.6) is 5.75 Å². The highest BCUT2D eigenvalue weighted by molar-refractivity contribution is 5.99. The number of para-hydroxylation sites is 2. The van der Waals surface area contributed by atoms with Crippen LogP contribution in [0, 0.1) is 5.92 Å². The summed E-state index contributed by atoms with van der Waals surface area (Å²) in [5.41, 5.74) is 6.36. The van der Waals surface area contributed by atoms with E-state index in [9.17, 15) is 4.79 Å². The van der Waals surface area contributed by atoms with Gasteiger partial charge in [0.1, 0.15) is 5.75 Å². The first kappa shape index (κ1) is 13.9. The minimum absolute atomic E-state index is 0.118. The Labute approximate surface area is 114 Å². The predicted octanol–water partition coefficient (Wildman–Crippen LogP) is 2.18. The lowest BCUT2D eigenvalue weighted by Gasteiger charge is -2.36. The summed E-state index contributed by atoms with van der Waals surface area (Å²) in [5, 5.41) is 0. The minimum atomic E-state index is -0.279. The van der Waals surface area contributed by atoms with Crippen molar-refractivity contribution in [1.29, 1.82) is 0 Å². The van der Waals surface area contributed by atoms with Crippen molar-refractivity contribution in [3.8, 4) is 5.75 Å². The summed E-state index contributed by atoms with van der Waals surface area (Å²) >= 11 is 0. The molecular weight excluding hydrogens is 240 g/mol. The summed E-state index contributed by atoms with van der Waals surface area (Å²) < 4.78 is 5.63. The smallest absolute Gasteiger partial charge is 0.228 e. The molecule has 0 spiro atoms. The van der Waals surface area contributed by atoms with Crippen LogP contribution in [0.3, 0.4) is 0 Å². The van der Waals surface area contributed by atoms with Gasteiger partial charge in [0.2, 0.25) is 5.91 Å². The minimum Gasteiger partial charge on any atom is -0.492 e. The number of anilines is 1. The first-order valence-corrected chi connectivity index (χ1v) is 6.77. The van der Waals surface area contributed by atoms with Gasteiger partial charge in [0, 0.05) is 17.9 Å². The largest absolute Gasteiger partial charge is 0.492 e. The van der Waals surface area contributed by atoms with Crippen molar-refractivity contribution in [2.24, 2.45) is 11.7 Å². The first-order chi connectivity index (χ1) is 9.02. The average Bonchev–Trinajstić information content (AvgIpc) is 2.60. The fourth-order valence-corrected chi connectivity index (χ4v) is 2.79. The van der Waals surface area contributed by atoms with Crippen LogP contribution in [0.15, 0.2) is 24.3 Å². The molecule has 4 nitrogen and oxygen atoms in total. The van der Waals surface area contributed by atoms with Gasteiger partial charge in [0.25, 0.3) is 0 Å². The van der Waals surface area contributed by atoms with Crippen molar-refractivity contribution < 1.29 is 9.53 Å². The van der Waals surface area contributed by atoms with E-state index in [1.165, 1.54) is 0 Å². The van der Waals surface area contributed by atoms with E-state index >= 15 is 0 Å². The number of hydrogen-bond donors (Lipinski definition) is 1. The molecule has 0 bridgehead atoms. The lowest BCUT2D eigenvalue weighted by molar-refractivity contribution is -0.117. The number of amides is 1. The van der Waals surface area contributed by atoms with Crippen molar-refractivity contribution in [1.82, 2.24) is 0 Å². The molecule has 0 radical (unpaired) electrons. The highest BCUT2D eigenvalue weighted by Crippen LogP contribution is 2.42. The maximum atomic E-state index is 12.3. The van der Waals surface area contributed by atoms with Crippen LogP contribution < -0.4 is 15.4 Å². The average molecular weight is 262 g/mol. The van der Waals surface area contributed by atoms with E-state index in [2.05, 4.69) is 13.8 Å². The second kappa shape index (κ2) is 5.21. The van der Waals surface area contributed by atoms with Crippen molar-refractivity contribution in [2.45, 2.75) is 32.7 Å². The molecule has 1 aliphatic rings. The second-order valence-electron chi connectivity index (χ2n) is 5.42. The molecule has 0 aromatic heterocycles. The number of carbonyl (C=O) groups is 1. The van der Waals surface area contributed by atoms with Crippen LogP contribution >= 0.6 is 0 Å². The van der Waals surface area contributed by atoms with Crippen molar-refractivity contribution in [3.05, 3.63) is 24.3 Å². The molecule has 2 rings (SSSR count). The van der Waals surface area contributed by atoms with Crippen LogP contribution in [0.1, 0.15) is 27.2 Å². The highest BCUT2D eigenvalue weighted by atomic mass is 16.5. The Morgan fingerprint density at radius 3 is 2.68 bits per heavy atom. The number of carbonyl (C=O) groups excluding carboxylic acids is 1. The van der Waals surface area contributed by atoms with Crippen LogP contribution in [0.25, 0.3) is 0 Å². The molecule has 0 saturated carbocycles. The van der Waals surface area contributed by atoms with Gasteiger partial charge in [-0.15, -0.1) is 0 Å². The molecule has 1 unspecified atom stereocenters. The number of hydrogen-bond acceptors (Lipinski definition) is 3. The van der Waals surface area contributed by atoms with Gasteiger partial charge in [-0.05, 0) is 39.4 Å². The zero-order valence-corrected chi connectivity index (χ0v) is 11.8. The molecule has 4 heteroatoms. The van der Waals surface area contributed by atoms with Crippen molar-refractivity contribution in [2.75, 3.05) is 18.1 Å². The van der Waals surface area contributed by atoms with Crippen LogP contribution in [-0.4, -0.2) is 24.6 Å². The standard InChI is InChI=1S/C15H22N2O2/c1-4-19-13-8-6-5-7-12(13)17-14(18)9-11(10-16)15(17,2)3/h5-8,11H,4,9-10,16H2,1-3H3. The quantitative estimate of drug-likeness (QED) is 0.904. The van der Waals surface area contributed by atoms with Gasteiger partial charge in [-0.25, -0.2) is 0 Å². The third-order valence-electron chi connectivity index (χ3n) is 3.94. The van der Waals surface area contributed by atoms with Crippen LogP contribution in [-0.2, 0) is 4.79 Å². The van der Waals surface area contributed by atoms with Gasteiger partial charge in [0.15, 0.2) is 0 Å². The van der Waals surface area contributed by atoms with Crippen molar-refractivity contribution >= 4 is 11.6 Å². The lowest BCUT2D eigenvalue weighted by atomic mass is 9.88. The zero-order chi connectivity index (χ0) is 14.0. The summed E-state index contributed by atoms with van der Waals surface area (Å²) in [7, 11) is 0. The lowest BCUT2D eigenvalue weighted by Crippen LogP contribution is -2.46. The third-order valence-corrected chi connectivity index (χ3v) is 3.94. The Kier molecular flexibility index (Phi) is 3.80. The highest BCUT2D eigenvalue weighted by Gasteiger charge is 2.46. The maximum absolute atomic E-state index is 12.3. The van der Waals surface area contributed by atoms with Gasteiger partial charge < -0.3 is 15.4 Å². The summed E-state index contributed by atoms with van der Waals surface area (Å²) in [5.74, 6) is 1.05. The topological polar surface area (TPSA) is 55.6 Å². The summed E-state index contributed by atoms with van der Waals surface area (Å²) in [6.07, 6.45) is 0.504. The van der Waals surface area contributed by atoms with E-state index in [0.717, 1.165) is 11.4 Å². The fourth-order valence-electron chi connectivity index (χ4n) is 2.79. The number of benzene rings is 1. The number of ether oxygens (including phenoxy) is 1. The summed E-state index contributed by atoms with van der Waals surface area (Å²) in [4.78, 5) is 14.2. The predicted molar refractivity (Wildman–Crippen MR) is 76.3 cm³/mol. The molecule has 1 aliphatic heterocycles. The molecule has 1 atom stereocenters. The van der Waals surface area contributed by atoms with Crippen molar-refractivity contribution in [3.63, 3.8) is 0 Å². The zero-order valence-electron chi connectivity index (χ0n) is 11.8. The third kappa shape index (κ3) is 2.32. The van der Waals surface area contributed by atoms with Gasteiger partial charge >= 0.3 is 0 Å². The van der Waals surface area contributed by atoms with Gasteiger partial charge in [-0.1, -0.05) is 12.1 Å². The molecule has 1 aromatic rings. The van der Waals surface area contributed by atoms with E-state index in [1.54, 1.807) is 0 Å². The molecule has 1 fully saturated rings. The van der Waals surface area contributed by atoms with Crippen LogP contribution in [0.4, 0.5) is 5.69 Å². The maximum Gasteiger partial charge on any atom is 0.228 e. The van der Waals surface area contributed by atoms with E-state index in [1.807, 2.05) is 36.1 Å². The van der Waals surface area contributed by atoms with Gasteiger partial charge in [0.05, 0.1) is 12.3 Å². The molecule has 19 heavy (non-hydrogen) atoms. The Hall–Kier alpha value is -1.55. The molecule has 1 amide bonds. The van der Waals surface area contributed by atoms with E-state index < -0.39 is 0 Å². The Bertz CT molecular complexity index is 471. The summed E-state index contributed by atoms with van der Waals surface area (Å²) in [6, 6.07) is 7.68. The van der Waals surface area contributed by atoms with E-state index in [0.29, 0.717) is 19.6 Å². The normalized spacial score (nSPS) is 21.8. The number of rotatable bonds is 4. The fraction of sp³-hybridized carbons (Fsp3) is 0.533. The van der Waals surface area contributed by atoms with Gasteiger partial charge in [-0.3, -0.25) is 4.79 Å². The molecule has 0 aliphatic carbocycles. The molecule has 1 heterocycles. The number of nitrogens with two attached hydrogens (primary N) is 1. The Balaban J connectivity index is 2.43. The van der Waals surface area contributed by atoms with E-state index in [-0.39, 0.29) is 17.4 Å².